The fourth-order valence-corrected chi connectivity index (χ4v) is 5.19. The number of hydrogen-bond acceptors (Lipinski definition) is 10. The number of fused-ring (bicyclic) bond motifs is 1. The molecule has 0 bridgehead atoms. The third-order valence-electron chi connectivity index (χ3n) is 7.90. The molecule has 5 rings (SSSR count). The number of nitrogens with one attached hydrogen (secondary N) is 2. The number of nitrogens with zero attached hydrogens (tertiary/aromatic N) is 4. The van der Waals surface area contributed by atoms with Crippen LogP contribution in [0.2, 0.25) is 0 Å². The molecule has 11 nitrogen and oxygen atoms in total. The van der Waals surface area contributed by atoms with Gasteiger partial charge in [-0.2, -0.15) is 0 Å². The summed E-state index contributed by atoms with van der Waals surface area (Å²) in [5.74, 6) is -1.70. The van der Waals surface area contributed by atoms with Crippen molar-refractivity contribution in [2.75, 3.05) is 57.8 Å². The van der Waals surface area contributed by atoms with E-state index in [4.69, 9.17) is 28.9 Å². The molecule has 2 atom stereocenters. The van der Waals surface area contributed by atoms with Gasteiger partial charge in [0, 0.05) is 37.8 Å². The van der Waals surface area contributed by atoms with E-state index in [2.05, 4.69) is 29.1 Å². The predicted octanol–water partition coefficient (Wildman–Crippen LogP) is 3.47. The highest BCUT2D eigenvalue weighted by Crippen LogP contribution is 2.40. The molecule has 0 spiro atoms. The highest BCUT2D eigenvalue weighted by molar-refractivity contribution is 5.92. The van der Waals surface area contributed by atoms with Gasteiger partial charge in [0.15, 0.2) is 29.0 Å². The quantitative estimate of drug-likeness (QED) is 0.362. The molecule has 0 radical (unpaired) electrons. The van der Waals surface area contributed by atoms with E-state index in [1.54, 1.807) is 13.3 Å². The van der Waals surface area contributed by atoms with Crippen LogP contribution in [0.4, 0.5) is 20.5 Å². The molecule has 2 fully saturated rings. The highest BCUT2D eigenvalue weighted by atomic mass is 19.1. The summed E-state index contributed by atoms with van der Waals surface area (Å²) >= 11 is 0. The summed E-state index contributed by atoms with van der Waals surface area (Å²) in [5, 5.41) is 6.62. The molecule has 2 aromatic heterocycles. The van der Waals surface area contributed by atoms with Crippen molar-refractivity contribution < 1.29 is 32.5 Å². The Labute approximate surface area is 242 Å². The van der Waals surface area contributed by atoms with E-state index >= 15 is 8.78 Å². The summed E-state index contributed by atoms with van der Waals surface area (Å²) < 4.78 is 52.6. The first-order valence-corrected chi connectivity index (χ1v) is 13.6. The molecule has 3 aromatic rings. The number of halogens is 2. The minimum Gasteiger partial charge on any atom is -0.494 e. The van der Waals surface area contributed by atoms with E-state index in [1.165, 1.54) is 26.4 Å². The van der Waals surface area contributed by atoms with Gasteiger partial charge in [0.25, 0.3) is 0 Å². The standard InChI is InChI=1S/C29H34F2N6O5/c1-6-22(38)33-18-14-42-15-19(18)35-28-32-13-16-11-17(23-24(30)20(39-3)12-21(40-4)25(23)31)34-27(26(16)36-28)37-9-7-29(2,41-5)8-10-37/h6,11-13,18-19H,1,7-10,14-15H2,2-5H3,(H,33,38)(H,32,35,36)/t18-,19+/m0/s1. The number of carbonyl (C=O) groups excluding carboxylic acids is 1. The van der Waals surface area contributed by atoms with Crippen LogP contribution >= 0.6 is 0 Å². The Bertz CT molecular complexity index is 1470. The van der Waals surface area contributed by atoms with E-state index in [0.717, 1.165) is 6.07 Å². The summed E-state index contributed by atoms with van der Waals surface area (Å²) in [6.45, 7) is 7.38. The summed E-state index contributed by atoms with van der Waals surface area (Å²) in [6, 6.07) is 2.10. The molecule has 2 saturated heterocycles. The minimum atomic E-state index is -0.896. The van der Waals surface area contributed by atoms with Gasteiger partial charge in [-0.3, -0.25) is 4.79 Å². The van der Waals surface area contributed by atoms with Gasteiger partial charge in [0.05, 0.1) is 56.4 Å². The lowest BCUT2D eigenvalue weighted by atomic mass is 9.93. The molecule has 0 aliphatic carbocycles. The molecule has 1 amide bonds. The lowest BCUT2D eigenvalue weighted by molar-refractivity contribution is -0.117. The molecule has 2 aliphatic rings. The third-order valence-corrected chi connectivity index (χ3v) is 7.90. The van der Waals surface area contributed by atoms with Crippen LogP contribution in [0.15, 0.2) is 31.0 Å². The van der Waals surface area contributed by atoms with Crippen LogP contribution in [-0.2, 0) is 14.3 Å². The van der Waals surface area contributed by atoms with Crippen molar-refractivity contribution in [2.24, 2.45) is 0 Å². The molecular formula is C29H34F2N6O5. The van der Waals surface area contributed by atoms with Crippen LogP contribution in [0.25, 0.3) is 22.2 Å². The Kier molecular flexibility index (Phi) is 8.41. The van der Waals surface area contributed by atoms with E-state index in [1.807, 2.05) is 4.90 Å². The number of methoxy groups -OCH3 is 3. The Morgan fingerprint density at radius 2 is 1.76 bits per heavy atom. The summed E-state index contributed by atoms with van der Waals surface area (Å²) in [4.78, 5) is 27.9. The molecule has 224 valence electrons. The lowest BCUT2D eigenvalue weighted by Gasteiger charge is -2.39. The summed E-state index contributed by atoms with van der Waals surface area (Å²) in [6.07, 6.45) is 4.21. The van der Waals surface area contributed by atoms with Crippen LogP contribution in [-0.4, -0.2) is 86.2 Å². The van der Waals surface area contributed by atoms with Crippen LogP contribution in [0.1, 0.15) is 19.8 Å². The topological polar surface area (TPSA) is 120 Å². The van der Waals surface area contributed by atoms with Crippen molar-refractivity contribution in [1.29, 1.82) is 0 Å². The number of anilines is 2. The van der Waals surface area contributed by atoms with E-state index < -0.39 is 11.6 Å². The summed E-state index contributed by atoms with van der Waals surface area (Å²) in [7, 11) is 4.28. The molecular weight excluding hydrogens is 550 g/mol. The Morgan fingerprint density at radius 1 is 1.10 bits per heavy atom. The molecule has 4 heterocycles. The number of amides is 1. The maximum Gasteiger partial charge on any atom is 0.243 e. The molecule has 13 heteroatoms. The van der Waals surface area contributed by atoms with Crippen LogP contribution in [0.5, 0.6) is 11.5 Å². The Balaban J connectivity index is 1.59. The lowest BCUT2D eigenvalue weighted by Crippen LogP contribution is -2.45. The van der Waals surface area contributed by atoms with Gasteiger partial charge >= 0.3 is 0 Å². The van der Waals surface area contributed by atoms with E-state index in [9.17, 15) is 4.79 Å². The van der Waals surface area contributed by atoms with E-state index in [-0.39, 0.29) is 46.3 Å². The zero-order valence-corrected chi connectivity index (χ0v) is 24.0. The van der Waals surface area contributed by atoms with Gasteiger partial charge in [-0.25, -0.2) is 23.7 Å². The van der Waals surface area contributed by atoms with Crippen molar-refractivity contribution in [2.45, 2.75) is 37.5 Å². The molecule has 1 aromatic carbocycles. The first-order chi connectivity index (χ1) is 20.2. The largest absolute Gasteiger partial charge is 0.494 e. The van der Waals surface area contributed by atoms with Crippen LogP contribution in [0.3, 0.4) is 0 Å². The Morgan fingerprint density at radius 3 is 2.38 bits per heavy atom. The monoisotopic (exact) mass is 584 g/mol. The number of carbonyl (C=O) groups is 1. The normalized spacial score (nSPS) is 19.9. The summed E-state index contributed by atoms with van der Waals surface area (Å²) in [5.41, 5.74) is -0.125. The van der Waals surface area contributed by atoms with Crippen molar-refractivity contribution in [3.05, 3.63) is 42.6 Å². The zero-order chi connectivity index (χ0) is 30.0. The second-order valence-electron chi connectivity index (χ2n) is 10.5. The first-order valence-electron chi connectivity index (χ1n) is 13.6. The smallest absolute Gasteiger partial charge is 0.243 e. The van der Waals surface area contributed by atoms with Crippen molar-refractivity contribution in [3.63, 3.8) is 0 Å². The maximum absolute atomic E-state index is 15.5. The molecule has 0 unspecified atom stereocenters. The van der Waals surface area contributed by atoms with Crippen molar-refractivity contribution in [1.82, 2.24) is 20.3 Å². The first kappa shape index (κ1) is 29.4. The fourth-order valence-electron chi connectivity index (χ4n) is 5.19. The average Bonchev–Trinajstić information content (AvgIpc) is 3.43. The van der Waals surface area contributed by atoms with E-state index in [0.29, 0.717) is 61.8 Å². The number of aromatic nitrogens is 3. The highest BCUT2D eigenvalue weighted by Gasteiger charge is 2.33. The van der Waals surface area contributed by atoms with Gasteiger partial charge in [-0.05, 0) is 31.9 Å². The van der Waals surface area contributed by atoms with Gasteiger partial charge in [0.1, 0.15) is 5.52 Å². The number of piperidine rings is 1. The minimum absolute atomic E-state index is 0.0467. The average molecular weight is 585 g/mol. The Hall–Kier alpha value is -4.10. The van der Waals surface area contributed by atoms with Gasteiger partial charge in [-0.15, -0.1) is 0 Å². The number of pyridine rings is 1. The van der Waals surface area contributed by atoms with Crippen molar-refractivity contribution >= 4 is 28.6 Å². The number of ether oxygens (including phenoxy) is 4. The third kappa shape index (κ3) is 5.66. The van der Waals surface area contributed by atoms with Gasteiger partial charge in [0.2, 0.25) is 11.9 Å². The van der Waals surface area contributed by atoms with Crippen LogP contribution < -0.4 is 25.0 Å². The number of rotatable bonds is 9. The predicted molar refractivity (Wildman–Crippen MR) is 153 cm³/mol. The molecule has 2 N–H and O–H groups in total. The number of benzene rings is 1. The second kappa shape index (κ2) is 12.0. The fraction of sp³-hybridized carbons (Fsp3) is 0.448. The molecule has 0 saturated carbocycles. The van der Waals surface area contributed by atoms with Crippen molar-refractivity contribution in [3.8, 4) is 22.8 Å². The number of hydrogen-bond donors (Lipinski definition) is 2. The zero-order valence-electron chi connectivity index (χ0n) is 24.0. The SMILES string of the molecule is C=CC(=O)N[C@H]1COC[C@H]1Nc1ncc2cc(-c3c(F)c(OC)cc(OC)c3F)nc(N3CCC(C)(OC)CC3)c2n1. The van der Waals surface area contributed by atoms with Gasteiger partial charge in [-0.1, -0.05) is 6.58 Å². The molecule has 42 heavy (non-hydrogen) atoms. The van der Waals surface area contributed by atoms with Crippen LogP contribution in [0, 0.1) is 11.6 Å². The maximum atomic E-state index is 15.5. The molecule has 2 aliphatic heterocycles. The van der Waals surface area contributed by atoms with Gasteiger partial charge < -0.3 is 34.5 Å². The second-order valence-corrected chi connectivity index (χ2v) is 10.5.